The molecule has 0 spiro atoms. The van der Waals surface area contributed by atoms with E-state index in [1.165, 1.54) is 0 Å². The predicted molar refractivity (Wildman–Crippen MR) is 27.4 cm³/mol. The maximum atomic E-state index is 9.63. The first kappa shape index (κ1) is 29.6. The Kier molecular flexibility index (Phi) is 25.0. The quantitative estimate of drug-likeness (QED) is 0.295. The van der Waals surface area contributed by atoms with Gasteiger partial charge in [0.2, 0.25) is 0 Å². The van der Waals surface area contributed by atoms with Crippen LogP contribution in [0.5, 0.6) is 0 Å². The second kappa shape index (κ2) is 11.0. The van der Waals surface area contributed by atoms with Gasteiger partial charge in [-0.25, -0.2) is 9.13 Å². The molecule has 1 radical (unpaired) electrons. The SMILES string of the molecule is O=P(O)(O)OP(=O)(O)O.[Fe].[H-].[H-].[Li+].[Li+].[Mn]. The van der Waals surface area contributed by atoms with Crippen LogP contribution in [0.3, 0.4) is 0 Å². The first-order chi connectivity index (χ1) is 3.71. The van der Waals surface area contributed by atoms with Crippen LogP contribution in [-0.4, -0.2) is 19.6 Å². The first-order valence-electron chi connectivity index (χ1n) is 1.53. The first-order valence-corrected chi connectivity index (χ1v) is 4.59. The summed E-state index contributed by atoms with van der Waals surface area (Å²) >= 11 is 0. The molecule has 0 aliphatic carbocycles. The minimum absolute atomic E-state index is 0. The largest absolute Gasteiger partial charge is 1.00 e. The smallest absolute Gasteiger partial charge is 1.00 e. The third kappa shape index (κ3) is 31.4. The average Bonchev–Trinajstić information content (AvgIpc) is 1.14. The van der Waals surface area contributed by atoms with Crippen molar-refractivity contribution in [3.05, 3.63) is 0 Å². The van der Waals surface area contributed by atoms with E-state index in [1.807, 2.05) is 0 Å². The van der Waals surface area contributed by atoms with E-state index in [1.54, 1.807) is 0 Å². The molecule has 0 aromatic rings. The molecule has 0 rings (SSSR count). The van der Waals surface area contributed by atoms with E-state index < -0.39 is 15.6 Å². The Morgan fingerprint density at radius 3 is 1.08 bits per heavy atom. The molecule has 13 heavy (non-hydrogen) atoms. The molecule has 0 amide bonds. The van der Waals surface area contributed by atoms with Gasteiger partial charge in [0.05, 0.1) is 0 Å². The van der Waals surface area contributed by atoms with Crippen LogP contribution in [0.1, 0.15) is 2.85 Å². The van der Waals surface area contributed by atoms with E-state index in [0.29, 0.717) is 0 Å². The van der Waals surface area contributed by atoms with Crippen molar-refractivity contribution in [2.75, 3.05) is 0 Å². The Labute approximate surface area is 123 Å². The second-order valence-electron chi connectivity index (χ2n) is 1.06. The van der Waals surface area contributed by atoms with Crippen molar-refractivity contribution >= 4 is 15.6 Å². The van der Waals surface area contributed by atoms with Crippen LogP contribution in [-0.2, 0) is 47.6 Å². The van der Waals surface area contributed by atoms with Gasteiger partial charge in [0.1, 0.15) is 0 Å². The Morgan fingerprint density at radius 1 is 0.923 bits per heavy atom. The van der Waals surface area contributed by atoms with E-state index in [0.717, 1.165) is 0 Å². The summed E-state index contributed by atoms with van der Waals surface area (Å²) in [7, 11) is -10.1. The molecule has 4 N–H and O–H groups in total. The van der Waals surface area contributed by atoms with E-state index >= 15 is 0 Å². The van der Waals surface area contributed by atoms with Crippen LogP contribution >= 0.6 is 15.6 Å². The van der Waals surface area contributed by atoms with Crippen LogP contribution in [0.25, 0.3) is 0 Å². The van der Waals surface area contributed by atoms with Gasteiger partial charge in [0.25, 0.3) is 0 Å². The van der Waals surface area contributed by atoms with E-state index in [9.17, 15) is 9.13 Å². The molecular weight excluding hydrogens is 299 g/mol. The number of phosphoric acid groups is 2. The Balaban J connectivity index is -0.0000000213. The van der Waals surface area contributed by atoms with Gasteiger partial charge >= 0.3 is 53.4 Å². The van der Waals surface area contributed by atoms with Crippen LogP contribution < -0.4 is 37.7 Å². The van der Waals surface area contributed by atoms with Crippen molar-refractivity contribution in [1.82, 2.24) is 0 Å². The third-order valence-electron chi connectivity index (χ3n) is 0.213. The zero-order chi connectivity index (χ0) is 7.71. The van der Waals surface area contributed by atoms with Gasteiger partial charge < -0.3 is 22.4 Å². The van der Waals surface area contributed by atoms with Crippen molar-refractivity contribution in [3.63, 3.8) is 0 Å². The number of hydrogen-bond acceptors (Lipinski definition) is 3. The van der Waals surface area contributed by atoms with Gasteiger partial charge in [-0.3, -0.25) is 0 Å². The fourth-order valence-corrected chi connectivity index (χ4v) is 1.25. The maximum absolute atomic E-state index is 9.63. The van der Waals surface area contributed by atoms with Crippen molar-refractivity contribution in [1.29, 1.82) is 0 Å². The minimum atomic E-state index is -5.05. The second-order valence-corrected chi connectivity index (χ2v) is 3.68. The van der Waals surface area contributed by atoms with Crippen molar-refractivity contribution < 1.29 is 108 Å². The van der Waals surface area contributed by atoms with Crippen LogP contribution in [0.15, 0.2) is 0 Å². The molecule has 7 nitrogen and oxygen atoms in total. The van der Waals surface area contributed by atoms with Gasteiger partial charge in [-0.05, 0) is 0 Å². The molecule has 0 aromatic carbocycles. The van der Waals surface area contributed by atoms with Crippen LogP contribution in [0.4, 0.5) is 0 Å². The summed E-state index contributed by atoms with van der Waals surface area (Å²) in [6.45, 7) is 0. The van der Waals surface area contributed by atoms with Gasteiger partial charge in [-0.15, -0.1) is 0 Å². The van der Waals surface area contributed by atoms with E-state index in [4.69, 9.17) is 19.6 Å². The molecule has 0 atom stereocenters. The van der Waals surface area contributed by atoms with E-state index in [-0.39, 0.29) is 74.7 Å². The summed E-state index contributed by atoms with van der Waals surface area (Å²) < 4.78 is 22.2. The Morgan fingerprint density at radius 2 is 1.08 bits per heavy atom. The zero-order valence-electron chi connectivity index (χ0n) is 8.64. The van der Waals surface area contributed by atoms with Crippen molar-refractivity contribution in [3.8, 4) is 0 Å². The predicted octanol–water partition coefficient (Wildman–Crippen LogP) is -6.58. The fourth-order valence-electron chi connectivity index (χ4n) is 0.139. The number of rotatable bonds is 2. The standard InChI is InChI=1S/Fe.2Li.Mn.H4O7P2.2H/c;;;;1-8(2,3)7-9(4,5)6;;/h;;;;(H2,1,2,3)(H2,4,5,6);;/q;2*+1;;;2*-1. The summed E-state index contributed by atoms with van der Waals surface area (Å²) in [6, 6.07) is 0. The molecule has 0 bridgehead atoms. The Bertz CT molecular complexity index is 173. The molecule has 0 fully saturated rings. The molecular formula is H6FeLi2MnO7P2. The summed E-state index contributed by atoms with van der Waals surface area (Å²) in [4.78, 5) is 31.0. The van der Waals surface area contributed by atoms with Gasteiger partial charge in [-0.2, -0.15) is 4.31 Å². The van der Waals surface area contributed by atoms with Gasteiger partial charge in [0.15, 0.2) is 0 Å². The number of hydrogen-bond donors (Lipinski definition) is 4. The Hall–Kier alpha value is 2.49. The third-order valence-corrected chi connectivity index (χ3v) is 1.91. The summed E-state index contributed by atoms with van der Waals surface area (Å²) in [6.07, 6.45) is 0. The minimum Gasteiger partial charge on any atom is -1.00 e. The van der Waals surface area contributed by atoms with Crippen LogP contribution in [0, 0.1) is 0 Å². The summed E-state index contributed by atoms with van der Waals surface area (Å²) in [5.74, 6) is 0. The van der Waals surface area contributed by atoms with Crippen LogP contribution in [0.2, 0.25) is 0 Å². The molecule has 0 aliphatic heterocycles. The van der Waals surface area contributed by atoms with E-state index in [2.05, 4.69) is 4.31 Å². The molecule has 0 heterocycles. The van der Waals surface area contributed by atoms with Crippen molar-refractivity contribution in [2.24, 2.45) is 0 Å². The molecule has 0 saturated heterocycles. The van der Waals surface area contributed by atoms with Gasteiger partial charge in [-0.1, -0.05) is 0 Å². The zero-order valence-corrected chi connectivity index (χ0v) is 10.7. The molecule has 0 aromatic heterocycles. The van der Waals surface area contributed by atoms with Gasteiger partial charge in [0, 0.05) is 34.1 Å². The summed E-state index contributed by atoms with van der Waals surface area (Å²) in [5, 5.41) is 0. The molecule has 75 valence electrons. The topological polar surface area (TPSA) is 124 Å². The average molecular weight is 305 g/mol. The van der Waals surface area contributed by atoms with Crippen molar-refractivity contribution in [2.45, 2.75) is 0 Å². The summed E-state index contributed by atoms with van der Waals surface area (Å²) in [5.41, 5.74) is 0. The molecule has 0 unspecified atom stereocenters. The maximum Gasteiger partial charge on any atom is 1.00 e. The molecule has 0 aliphatic rings. The molecule has 0 saturated carbocycles. The molecule has 13 heteroatoms. The fraction of sp³-hybridized carbons (Fsp3) is 0. The normalized spacial score (nSPS) is 9.54. The monoisotopic (exact) mass is 305 g/mol.